The Morgan fingerprint density at radius 1 is 1.16 bits per heavy atom. The molecule has 31 heavy (non-hydrogen) atoms. The lowest BCUT2D eigenvalue weighted by Gasteiger charge is -2.24. The number of rotatable bonds is 7. The van der Waals surface area contributed by atoms with Crippen LogP contribution in [0.4, 0.5) is 18.9 Å². The average Bonchev–Trinajstić information content (AvgIpc) is 3.07. The van der Waals surface area contributed by atoms with Gasteiger partial charge in [0.25, 0.3) is 11.8 Å². The van der Waals surface area contributed by atoms with E-state index in [0.717, 1.165) is 12.1 Å². The van der Waals surface area contributed by atoms with Gasteiger partial charge >= 0.3 is 6.18 Å². The van der Waals surface area contributed by atoms with Crippen molar-refractivity contribution in [1.82, 2.24) is 4.90 Å². The monoisotopic (exact) mass is 432 g/mol. The maximum Gasteiger partial charge on any atom is 0.417 e. The summed E-state index contributed by atoms with van der Waals surface area (Å²) in [5.74, 6) is -0.896. The van der Waals surface area contributed by atoms with Gasteiger partial charge in [-0.15, -0.1) is 0 Å². The molecule has 2 aromatic carbocycles. The van der Waals surface area contributed by atoms with Gasteiger partial charge in [-0.3, -0.25) is 14.4 Å². The molecule has 3 rings (SSSR count). The van der Waals surface area contributed by atoms with Crippen molar-refractivity contribution in [2.24, 2.45) is 0 Å². The molecule has 1 N–H and O–H groups in total. The van der Waals surface area contributed by atoms with Gasteiger partial charge < -0.3 is 10.2 Å². The van der Waals surface area contributed by atoms with Crippen LogP contribution >= 0.6 is 0 Å². The van der Waals surface area contributed by atoms with Crippen LogP contribution in [0.5, 0.6) is 0 Å². The molecule has 0 fully saturated rings. The molecule has 1 unspecified atom stereocenters. The maximum absolute atomic E-state index is 13.2. The summed E-state index contributed by atoms with van der Waals surface area (Å²) in [5.41, 5.74) is 0.00000344. The maximum atomic E-state index is 13.2. The molecular formula is C23H23F3N2O3. The minimum atomic E-state index is -4.64. The van der Waals surface area contributed by atoms with E-state index in [0.29, 0.717) is 42.6 Å². The van der Waals surface area contributed by atoms with Crippen LogP contribution < -0.4 is 5.32 Å². The number of anilines is 1. The van der Waals surface area contributed by atoms with E-state index in [2.05, 4.69) is 5.32 Å². The number of benzene rings is 2. The Bertz CT molecular complexity index is 1020. The molecule has 0 aliphatic carbocycles. The summed E-state index contributed by atoms with van der Waals surface area (Å²) >= 11 is 0. The first-order valence-corrected chi connectivity index (χ1v) is 10.0. The first-order chi connectivity index (χ1) is 14.6. The van der Waals surface area contributed by atoms with Gasteiger partial charge in [0.1, 0.15) is 5.78 Å². The first-order valence-electron chi connectivity index (χ1n) is 10.0. The second-order valence-corrected chi connectivity index (χ2v) is 7.58. The molecule has 164 valence electrons. The van der Waals surface area contributed by atoms with Crippen LogP contribution in [0.25, 0.3) is 0 Å². The average molecular weight is 432 g/mol. The van der Waals surface area contributed by atoms with Crippen LogP contribution in [0, 0.1) is 0 Å². The quantitative estimate of drug-likeness (QED) is 0.665. The molecule has 0 aromatic heterocycles. The number of Topliss-reactive ketones (excluding diaryl/α,β-unsaturated/α-hetero) is 1. The lowest BCUT2D eigenvalue weighted by molar-refractivity contribution is -0.137. The Morgan fingerprint density at radius 3 is 2.55 bits per heavy atom. The number of hydrogen-bond donors (Lipinski definition) is 1. The molecule has 0 radical (unpaired) electrons. The van der Waals surface area contributed by atoms with E-state index in [1.54, 1.807) is 24.0 Å². The summed E-state index contributed by atoms with van der Waals surface area (Å²) in [6, 6.07) is 9.11. The Labute approximate surface area is 178 Å². The number of alkyl halides is 3. The van der Waals surface area contributed by atoms with Crippen molar-refractivity contribution in [1.29, 1.82) is 0 Å². The number of fused-ring (bicyclic) bond motifs is 1. The number of amides is 2. The predicted octanol–water partition coefficient (Wildman–Crippen LogP) is 5.06. The zero-order valence-corrected chi connectivity index (χ0v) is 17.3. The number of carbonyl (C=O) groups is 3. The Kier molecular flexibility index (Phi) is 6.48. The summed E-state index contributed by atoms with van der Waals surface area (Å²) in [4.78, 5) is 38.4. The molecule has 0 spiro atoms. The molecule has 1 aliphatic rings. The molecule has 1 atom stereocenters. The van der Waals surface area contributed by atoms with Crippen molar-refractivity contribution < 1.29 is 27.6 Å². The molecule has 0 saturated heterocycles. The standard InChI is InChI=1S/C23H23F3N2O3/c1-3-17(29)10-8-14(2)28-13-15-12-16(9-11-18(15)22(28)31)27-21(30)19-6-4-5-7-20(19)23(24,25)26/h4-7,9,11-12,14H,3,8,10,13H2,1-2H3,(H,27,30). The van der Waals surface area contributed by atoms with Crippen LogP contribution in [0.3, 0.4) is 0 Å². The smallest absolute Gasteiger partial charge is 0.332 e. The summed E-state index contributed by atoms with van der Waals surface area (Å²) in [5, 5.41) is 2.49. The predicted molar refractivity (Wildman–Crippen MR) is 110 cm³/mol. The van der Waals surface area contributed by atoms with Crippen molar-refractivity contribution in [2.75, 3.05) is 5.32 Å². The van der Waals surface area contributed by atoms with Crippen LogP contribution in [-0.4, -0.2) is 28.5 Å². The highest BCUT2D eigenvalue weighted by Crippen LogP contribution is 2.33. The molecule has 5 nitrogen and oxygen atoms in total. The van der Waals surface area contributed by atoms with E-state index in [9.17, 15) is 27.6 Å². The number of ketones is 1. The highest BCUT2D eigenvalue weighted by Gasteiger charge is 2.35. The van der Waals surface area contributed by atoms with Crippen LogP contribution in [0.1, 0.15) is 65.0 Å². The molecule has 2 amide bonds. The largest absolute Gasteiger partial charge is 0.417 e. The fraction of sp³-hybridized carbons (Fsp3) is 0.348. The lowest BCUT2D eigenvalue weighted by Crippen LogP contribution is -2.33. The Hall–Kier alpha value is -3.16. The summed E-state index contributed by atoms with van der Waals surface area (Å²) < 4.78 is 39.5. The molecule has 1 aliphatic heterocycles. The van der Waals surface area contributed by atoms with Crippen molar-refractivity contribution in [3.8, 4) is 0 Å². The summed E-state index contributed by atoms with van der Waals surface area (Å²) in [6.07, 6.45) is -3.22. The molecule has 8 heteroatoms. The minimum Gasteiger partial charge on any atom is -0.332 e. The number of carbonyl (C=O) groups excluding carboxylic acids is 3. The van der Waals surface area contributed by atoms with Gasteiger partial charge in [-0.25, -0.2) is 0 Å². The first kappa shape index (κ1) is 22.5. The van der Waals surface area contributed by atoms with Crippen molar-refractivity contribution >= 4 is 23.3 Å². The zero-order valence-electron chi connectivity index (χ0n) is 17.3. The van der Waals surface area contributed by atoms with E-state index >= 15 is 0 Å². The highest BCUT2D eigenvalue weighted by atomic mass is 19.4. The topological polar surface area (TPSA) is 66.5 Å². The second kappa shape index (κ2) is 8.91. The van der Waals surface area contributed by atoms with Gasteiger partial charge in [0.2, 0.25) is 0 Å². The summed E-state index contributed by atoms with van der Waals surface area (Å²) in [6.45, 7) is 3.99. The van der Waals surface area contributed by atoms with E-state index in [4.69, 9.17) is 0 Å². The van der Waals surface area contributed by atoms with Gasteiger partial charge in [0.05, 0.1) is 11.1 Å². The minimum absolute atomic E-state index is 0.132. The number of nitrogens with one attached hydrogen (secondary N) is 1. The van der Waals surface area contributed by atoms with Gasteiger partial charge in [-0.2, -0.15) is 13.2 Å². The number of nitrogens with zero attached hydrogens (tertiary/aromatic N) is 1. The Balaban J connectivity index is 1.74. The normalized spacial score (nSPS) is 14.4. The molecule has 0 bridgehead atoms. The number of halogens is 3. The second-order valence-electron chi connectivity index (χ2n) is 7.58. The van der Waals surface area contributed by atoms with Gasteiger partial charge in [-0.05, 0) is 49.2 Å². The fourth-order valence-electron chi connectivity index (χ4n) is 3.61. The van der Waals surface area contributed by atoms with Crippen LogP contribution in [0.15, 0.2) is 42.5 Å². The van der Waals surface area contributed by atoms with E-state index in [1.807, 2.05) is 6.92 Å². The van der Waals surface area contributed by atoms with Gasteiger partial charge in [-0.1, -0.05) is 19.1 Å². The molecular weight excluding hydrogens is 409 g/mol. The fourth-order valence-corrected chi connectivity index (χ4v) is 3.61. The lowest BCUT2D eigenvalue weighted by atomic mass is 10.1. The summed E-state index contributed by atoms with van der Waals surface area (Å²) in [7, 11) is 0. The zero-order chi connectivity index (χ0) is 22.8. The molecule has 0 saturated carbocycles. The van der Waals surface area contributed by atoms with Crippen molar-refractivity contribution in [3.63, 3.8) is 0 Å². The van der Waals surface area contributed by atoms with Crippen LogP contribution in [-0.2, 0) is 17.5 Å². The van der Waals surface area contributed by atoms with Crippen LogP contribution in [0.2, 0.25) is 0 Å². The highest BCUT2D eigenvalue weighted by molar-refractivity contribution is 6.06. The third kappa shape index (κ3) is 4.95. The van der Waals surface area contributed by atoms with E-state index < -0.39 is 23.2 Å². The van der Waals surface area contributed by atoms with Gasteiger partial charge in [0, 0.05) is 36.7 Å². The van der Waals surface area contributed by atoms with Gasteiger partial charge in [0.15, 0.2) is 0 Å². The van der Waals surface area contributed by atoms with Crippen molar-refractivity contribution in [3.05, 3.63) is 64.7 Å². The Morgan fingerprint density at radius 2 is 1.87 bits per heavy atom. The van der Waals surface area contributed by atoms with E-state index in [1.165, 1.54) is 18.2 Å². The van der Waals surface area contributed by atoms with E-state index in [-0.39, 0.29) is 17.7 Å². The molecule has 1 heterocycles. The third-order valence-electron chi connectivity index (χ3n) is 5.44. The SMILES string of the molecule is CCC(=O)CCC(C)N1Cc2cc(NC(=O)c3ccccc3C(F)(F)F)ccc2C1=O. The molecule has 2 aromatic rings. The van der Waals surface area contributed by atoms with Crippen molar-refractivity contribution in [2.45, 2.75) is 51.9 Å². The number of hydrogen-bond acceptors (Lipinski definition) is 3. The third-order valence-corrected chi connectivity index (χ3v) is 5.44.